The van der Waals surface area contributed by atoms with E-state index in [2.05, 4.69) is 15.2 Å². The van der Waals surface area contributed by atoms with Crippen molar-refractivity contribution in [3.63, 3.8) is 0 Å². The summed E-state index contributed by atoms with van der Waals surface area (Å²) in [6.07, 6.45) is 3.54. The number of nitrogens with zero attached hydrogens (tertiary/aromatic N) is 4. The number of aryl methyl sites for hydroxylation is 2. The molecule has 2 aromatic rings. The first-order valence-corrected chi connectivity index (χ1v) is 4.73. The van der Waals surface area contributed by atoms with Gasteiger partial charge in [0.25, 0.3) is 0 Å². The summed E-state index contributed by atoms with van der Waals surface area (Å²) in [7, 11) is 0. The van der Waals surface area contributed by atoms with Gasteiger partial charge < -0.3 is 10.3 Å². The number of anilines is 1. The summed E-state index contributed by atoms with van der Waals surface area (Å²) < 4.78 is 1.88. The summed E-state index contributed by atoms with van der Waals surface area (Å²) in [6, 6.07) is 2.02. The Balaban J connectivity index is 2.32. The zero-order chi connectivity index (χ0) is 10.8. The lowest BCUT2D eigenvalue weighted by Gasteiger charge is -2.07. The molecular formula is C10H13N5. The minimum absolute atomic E-state index is 0.517. The zero-order valence-corrected chi connectivity index (χ0v) is 8.81. The van der Waals surface area contributed by atoms with E-state index in [0.29, 0.717) is 12.5 Å². The van der Waals surface area contributed by atoms with E-state index < -0.39 is 0 Å². The SMILES string of the molecule is Cc1cc(Cn2ccnc2N)c(C)nn1. The standard InChI is InChI=1S/C10H13N5/c1-7-5-9(8(2)14-13-7)6-15-4-3-12-10(15)11/h3-5H,6H2,1-2H3,(H2,11,12). The molecule has 0 fully saturated rings. The molecule has 15 heavy (non-hydrogen) atoms. The Hall–Kier alpha value is -1.91. The van der Waals surface area contributed by atoms with Crippen LogP contribution in [0.4, 0.5) is 5.95 Å². The summed E-state index contributed by atoms with van der Waals surface area (Å²) in [6.45, 7) is 4.55. The summed E-state index contributed by atoms with van der Waals surface area (Å²) >= 11 is 0. The maximum Gasteiger partial charge on any atom is 0.200 e. The molecule has 0 spiro atoms. The van der Waals surface area contributed by atoms with Gasteiger partial charge in [-0.25, -0.2) is 4.98 Å². The Kier molecular flexibility index (Phi) is 2.37. The number of hydrogen-bond donors (Lipinski definition) is 1. The summed E-state index contributed by atoms with van der Waals surface area (Å²) in [5.41, 5.74) is 8.65. The first kappa shape index (κ1) is 9.64. The zero-order valence-electron chi connectivity index (χ0n) is 8.81. The van der Waals surface area contributed by atoms with Crippen LogP contribution in [0.1, 0.15) is 17.0 Å². The van der Waals surface area contributed by atoms with Crippen LogP contribution >= 0.6 is 0 Å². The normalized spacial score (nSPS) is 10.5. The molecule has 0 amide bonds. The van der Waals surface area contributed by atoms with Gasteiger partial charge in [-0.05, 0) is 25.5 Å². The van der Waals surface area contributed by atoms with Gasteiger partial charge in [0.05, 0.1) is 17.9 Å². The topological polar surface area (TPSA) is 69.6 Å². The quantitative estimate of drug-likeness (QED) is 0.788. The Morgan fingerprint density at radius 2 is 2.13 bits per heavy atom. The van der Waals surface area contributed by atoms with Gasteiger partial charge in [-0.2, -0.15) is 10.2 Å². The van der Waals surface area contributed by atoms with Crippen LogP contribution in [0.5, 0.6) is 0 Å². The highest BCUT2D eigenvalue weighted by Gasteiger charge is 2.04. The molecule has 2 heterocycles. The van der Waals surface area contributed by atoms with E-state index >= 15 is 0 Å². The van der Waals surface area contributed by atoms with Crippen molar-refractivity contribution in [2.45, 2.75) is 20.4 Å². The molecule has 0 saturated carbocycles. The predicted octanol–water partition coefficient (Wildman–Crippen LogP) is 0.920. The molecule has 2 N–H and O–H groups in total. The van der Waals surface area contributed by atoms with Crippen LogP contribution in [0.3, 0.4) is 0 Å². The van der Waals surface area contributed by atoms with Crippen LogP contribution in [0.2, 0.25) is 0 Å². The number of rotatable bonds is 2. The average Bonchev–Trinajstić information content (AvgIpc) is 2.58. The second-order valence-electron chi connectivity index (χ2n) is 3.51. The van der Waals surface area contributed by atoms with Crippen LogP contribution in [-0.4, -0.2) is 19.7 Å². The third-order valence-corrected chi connectivity index (χ3v) is 2.29. The fourth-order valence-electron chi connectivity index (χ4n) is 1.42. The van der Waals surface area contributed by atoms with Gasteiger partial charge in [0.2, 0.25) is 0 Å². The van der Waals surface area contributed by atoms with E-state index in [1.54, 1.807) is 6.20 Å². The smallest absolute Gasteiger partial charge is 0.200 e. The van der Waals surface area contributed by atoms with Crippen molar-refractivity contribution in [2.24, 2.45) is 0 Å². The Labute approximate surface area is 88.0 Å². The van der Waals surface area contributed by atoms with Crippen molar-refractivity contribution < 1.29 is 0 Å². The van der Waals surface area contributed by atoms with Crippen LogP contribution in [0, 0.1) is 13.8 Å². The maximum atomic E-state index is 5.69. The first-order valence-electron chi connectivity index (χ1n) is 4.73. The van der Waals surface area contributed by atoms with Crippen molar-refractivity contribution in [1.29, 1.82) is 0 Å². The molecular weight excluding hydrogens is 190 g/mol. The van der Waals surface area contributed by atoms with Crippen molar-refractivity contribution >= 4 is 5.95 Å². The molecule has 0 atom stereocenters. The molecule has 0 bridgehead atoms. The van der Waals surface area contributed by atoms with Gasteiger partial charge in [-0.15, -0.1) is 0 Å². The van der Waals surface area contributed by atoms with Gasteiger partial charge in [-0.1, -0.05) is 0 Å². The molecule has 0 radical (unpaired) electrons. The monoisotopic (exact) mass is 203 g/mol. The average molecular weight is 203 g/mol. The second kappa shape index (κ2) is 3.68. The van der Waals surface area contributed by atoms with E-state index in [9.17, 15) is 0 Å². The lowest BCUT2D eigenvalue weighted by Crippen LogP contribution is -2.06. The fourth-order valence-corrected chi connectivity index (χ4v) is 1.42. The van der Waals surface area contributed by atoms with Gasteiger partial charge in [0, 0.05) is 12.4 Å². The third kappa shape index (κ3) is 1.96. The van der Waals surface area contributed by atoms with Gasteiger partial charge >= 0.3 is 0 Å². The fraction of sp³-hybridized carbons (Fsp3) is 0.300. The first-order chi connectivity index (χ1) is 7.16. The van der Waals surface area contributed by atoms with Crippen LogP contribution < -0.4 is 5.73 Å². The van der Waals surface area contributed by atoms with E-state index in [-0.39, 0.29) is 0 Å². The molecule has 5 nitrogen and oxygen atoms in total. The van der Waals surface area contributed by atoms with Gasteiger partial charge in [0.15, 0.2) is 5.95 Å². The summed E-state index contributed by atoms with van der Waals surface area (Å²) in [5.74, 6) is 0.517. The Morgan fingerprint density at radius 3 is 2.80 bits per heavy atom. The number of hydrogen-bond acceptors (Lipinski definition) is 4. The minimum Gasteiger partial charge on any atom is -0.369 e. The lowest BCUT2D eigenvalue weighted by atomic mass is 10.2. The van der Waals surface area contributed by atoms with E-state index in [1.807, 2.05) is 30.7 Å². The minimum atomic E-state index is 0.517. The van der Waals surface area contributed by atoms with Crippen molar-refractivity contribution in [2.75, 3.05) is 5.73 Å². The lowest BCUT2D eigenvalue weighted by molar-refractivity contribution is 0.781. The van der Waals surface area contributed by atoms with Gasteiger partial charge in [-0.3, -0.25) is 0 Å². The predicted molar refractivity (Wildman–Crippen MR) is 57.2 cm³/mol. The number of nitrogens with two attached hydrogens (primary N) is 1. The molecule has 0 aliphatic rings. The highest BCUT2D eigenvalue weighted by Crippen LogP contribution is 2.09. The summed E-state index contributed by atoms with van der Waals surface area (Å²) in [4.78, 5) is 3.97. The van der Waals surface area contributed by atoms with Gasteiger partial charge in [0.1, 0.15) is 0 Å². The van der Waals surface area contributed by atoms with Crippen LogP contribution in [-0.2, 0) is 6.54 Å². The largest absolute Gasteiger partial charge is 0.369 e. The Morgan fingerprint density at radius 1 is 1.33 bits per heavy atom. The molecule has 2 rings (SSSR count). The molecule has 0 aromatic carbocycles. The molecule has 0 aliphatic heterocycles. The third-order valence-electron chi connectivity index (χ3n) is 2.29. The van der Waals surface area contributed by atoms with E-state index in [4.69, 9.17) is 5.73 Å². The van der Waals surface area contributed by atoms with Crippen LogP contribution in [0.15, 0.2) is 18.5 Å². The molecule has 0 aliphatic carbocycles. The summed E-state index contributed by atoms with van der Waals surface area (Å²) in [5, 5.41) is 8.05. The highest BCUT2D eigenvalue weighted by atomic mass is 15.1. The molecule has 5 heteroatoms. The number of aromatic nitrogens is 4. The number of nitrogen functional groups attached to an aromatic ring is 1. The number of imidazole rings is 1. The van der Waals surface area contributed by atoms with E-state index in [1.165, 1.54) is 0 Å². The van der Waals surface area contributed by atoms with Crippen molar-refractivity contribution in [3.8, 4) is 0 Å². The van der Waals surface area contributed by atoms with Crippen molar-refractivity contribution in [1.82, 2.24) is 19.7 Å². The molecule has 0 saturated heterocycles. The molecule has 78 valence electrons. The second-order valence-corrected chi connectivity index (χ2v) is 3.51. The Bertz CT molecular complexity index is 474. The van der Waals surface area contributed by atoms with E-state index in [0.717, 1.165) is 17.0 Å². The molecule has 2 aromatic heterocycles. The van der Waals surface area contributed by atoms with Crippen LogP contribution in [0.25, 0.3) is 0 Å². The van der Waals surface area contributed by atoms with Crippen molar-refractivity contribution in [3.05, 3.63) is 35.4 Å². The molecule has 0 unspecified atom stereocenters. The highest BCUT2D eigenvalue weighted by molar-refractivity contribution is 5.24. The maximum absolute atomic E-state index is 5.69.